The molecular formula is C20H29NO4Si. The topological polar surface area (TPSA) is 75.6 Å². The van der Waals surface area contributed by atoms with Crippen molar-refractivity contribution in [2.75, 3.05) is 7.11 Å². The Kier molecular flexibility index (Phi) is 7.61. The smallest absolute Gasteiger partial charge is 0.329 e. The molecule has 1 aromatic carbocycles. The molecule has 2 atom stereocenters. The van der Waals surface area contributed by atoms with Gasteiger partial charge in [0.1, 0.15) is 14.1 Å². The molecule has 0 spiro atoms. The van der Waals surface area contributed by atoms with Crippen molar-refractivity contribution in [2.45, 2.75) is 57.5 Å². The zero-order valence-corrected chi connectivity index (χ0v) is 17.4. The van der Waals surface area contributed by atoms with Crippen LogP contribution in [0.25, 0.3) is 0 Å². The summed E-state index contributed by atoms with van der Waals surface area (Å²) in [7, 11) is -0.546. The first-order valence-electron chi connectivity index (χ1n) is 8.61. The fraction of sp³-hybridized carbons (Fsp3) is 0.500. The molecule has 0 heterocycles. The van der Waals surface area contributed by atoms with Gasteiger partial charge in [-0.1, -0.05) is 64.2 Å². The molecule has 2 N–H and O–H groups in total. The molecule has 1 aromatic rings. The Morgan fingerprint density at radius 2 is 1.81 bits per heavy atom. The fourth-order valence-electron chi connectivity index (χ4n) is 1.93. The molecule has 1 amide bonds. The highest BCUT2D eigenvalue weighted by molar-refractivity contribution is 6.87. The Bertz CT molecular complexity index is 683. The maximum atomic E-state index is 12.3. The SMILES string of the molecule is COC(=O)[C@@H](CC#C[Si](C)(C)C(C)(C)C)NC(=O)[C@@H](O)c1ccccc1. The monoisotopic (exact) mass is 375 g/mol. The minimum Gasteiger partial charge on any atom is -0.467 e. The van der Waals surface area contributed by atoms with E-state index in [0.717, 1.165) is 0 Å². The van der Waals surface area contributed by atoms with Crippen molar-refractivity contribution in [3.05, 3.63) is 35.9 Å². The summed E-state index contributed by atoms with van der Waals surface area (Å²) in [6, 6.07) is 7.64. The highest BCUT2D eigenvalue weighted by atomic mass is 28.3. The number of rotatable bonds is 5. The third-order valence-electron chi connectivity index (χ3n) is 4.75. The third kappa shape index (κ3) is 6.01. The Labute approximate surface area is 157 Å². The highest BCUT2D eigenvalue weighted by Crippen LogP contribution is 2.35. The molecule has 0 aromatic heterocycles. The number of carbonyl (C=O) groups excluding carboxylic acids is 2. The van der Waals surface area contributed by atoms with Gasteiger partial charge in [0, 0.05) is 6.42 Å². The van der Waals surface area contributed by atoms with E-state index >= 15 is 0 Å². The van der Waals surface area contributed by atoms with Crippen LogP contribution in [-0.2, 0) is 14.3 Å². The molecule has 5 nitrogen and oxygen atoms in total. The van der Waals surface area contributed by atoms with Gasteiger partial charge in [-0.25, -0.2) is 4.79 Å². The normalized spacial score (nSPS) is 13.8. The number of methoxy groups -OCH3 is 1. The summed E-state index contributed by atoms with van der Waals surface area (Å²) in [6.07, 6.45) is -1.21. The van der Waals surface area contributed by atoms with Crippen molar-refractivity contribution < 1.29 is 19.4 Å². The van der Waals surface area contributed by atoms with Crippen LogP contribution in [0.3, 0.4) is 0 Å². The molecule has 0 bridgehead atoms. The van der Waals surface area contributed by atoms with Gasteiger partial charge in [0.05, 0.1) is 7.11 Å². The van der Waals surface area contributed by atoms with Crippen molar-refractivity contribution in [1.29, 1.82) is 0 Å². The summed E-state index contributed by atoms with van der Waals surface area (Å²) in [6.45, 7) is 10.8. The predicted molar refractivity (Wildman–Crippen MR) is 105 cm³/mol. The Morgan fingerprint density at radius 1 is 1.23 bits per heavy atom. The van der Waals surface area contributed by atoms with Crippen LogP contribution in [0.1, 0.15) is 38.9 Å². The van der Waals surface area contributed by atoms with E-state index in [2.05, 4.69) is 50.6 Å². The van der Waals surface area contributed by atoms with Gasteiger partial charge in [0.15, 0.2) is 6.10 Å². The van der Waals surface area contributed by atoms with E-state index in [9.17, 15) is 14.7 Å². The quantitative estimate of drug-likeness (QED) is 0.471. The summed E-state index contributed by atoms with van der Waals surface area (Å²) < 4.78 is 4.76. The van der Waals surface area contributed by atoms with Crippen molar-refractivity contribution >= 4 is 20.0 Å². The van der Waals surface area contributed by atoms with Gasteiger partial charge >= 0.3 is 5.97 Å². The molecule has 0 fully saturated rings. The van der Waals surface area contributed by atoms with Crippen LogP contribution in [0.2, 0.25) is 18.1 Å². The van der Waals surface area contributed by atoms with Crippen LogP contribution in [-0.4, -0.2) is 38.2 Å². The molecule has 0 aliphatic rings. The predicted octanol–water partition coefficient (Wildman–Crippen LogP) is 2.82. The van der Waals surface area contributed by atoms with Crippen molar-refractivity contribution in [3.8, 4) is 11.5 Å². The molecule has 0 saturated carbocycles. The minimum atomic E-state index is -1.81. The number of amides is 1. The summed E-state index contributed by atoms with van der Waals surface area (Å²) >= 11 is 0. The number of carbonyl (C=O) groups is 2. The average molecular weight is 376 g/mol. The van der Waals surface area contributed by atoms with Crippen LogP contribution in [0.5, 0.6) is 0 Å². The molecule has 142 valence electrons. The number of benzene rings is 1. The molecule has 0 unspecified atom stereocenters. The second-order valence-electron chi connectivity index (χ2n) is 7.78. The summed E-state index contributed by atoms with van der Waals surface area (Å²) in [4.78, 5) is 24.3. The molecular weight excluding hydrogens is 346 g/mol. The van der Waals surface area contributed by atoms with E-state index < -0.39 is 32.1 Å². The molecule has 26 heavy (non-hydrogen) atoms. The van der Waals surface area contributed by atoms with Gasteiger partial charge in [-0.05, 0) is 10.6 Å². The van der Waals surface area contributed by atoms with Crippen molar-refractivity contribution in [2.24, 2.45) is 0 Å². The standard InChI is InChI=1S/C20H29NO4Si/c1-20(2,3)26(5,6)14-10-13-16(19(24)25-4)21-18(23)17(22)15-11-8-7-9-12-15/h7-9,11-12,16-17,22H,13H2,1-6H3,(H,21,23)/t16-,17+/m1/s1. The second-order valence-corrected chi connectivity index (χ2v) is 12.8. The zero-order chi connectivity index (χ0) is 20.0. The van der Waals surface area contributed by atoms with Crippen molar-refractivity contribution in [3.63, 3.8) is 0 Å². The third-order valence-corrected chi connectivity index (χ3v) is 9.30. The summed E-state index contributed by atoms with van der Waals surface area (Å²) in [5, 5.41) is 12.8. The van der Waals surface area contributed by atoms with E-state index in [0.29, 0.717) is 5.56 Å². The van der Waals surface area contributed by atoms with E-state index in [1.54, 1.807) is 30.3 Å². The fourth-order valence-corrected chi connectivity index (χ4v) is 2.85. The second kappa shape index (κ2) is 9.02. The lowest BCUT2D eigenvalue weighted by Crippen LogP contribution is -2.43. The summed E-state index contributed by atoms with van der Waals surface area (Å²) in [5.74, 6) is 1.81. The van der Waals surface area contributed by atoms with Gasteiger partial charge in [0.25, 0.3) is 5.91 Å². The van der Waals surface area contributed by atoms with Crippen LogP contribution in [0, 0.1) is 11.5 Å². The maximum absolute atomic E-state index is 12.3. The number of esters is 1. The number of nitrogens with one attached hydrogen (secondary N) is 1. The van der Waals surface area contributed by atoms with Crippen LogP contribution < -0.4 is 5.32 Å². The Hall–Kier alpha value is -2.10. The number of aliphatic hydroxyl groups is 1. The van der Waals surface area contributed by atoms with Crippen LogP contribution >= 0.6 is 0 Å². The number of aliphatic hydroxyl groups excluding tert-OH is 1. The maximum Gasteiger partial charge on any atom is 0.329 e. The molecule has 6 heteroatoms. The molecule has 1 rings (SSSR count). The van der Waals surface area contributed by atoms with Gasteiger partial charge in [-0.15, -0.1) is 11.5 Å². The van der Waals surface area contributed by atoms with Gasteiger partial charge in [-0.2, -0.15) is 0 Å². The van der Waals surface area contributed by atoms with Gasteiger partial charge < -0.3 is 15.2 Å². The van der Waals surface area contributed by atoms with Crippen molar-refractivity contribution in [1.82, 2.24) is 5.32 Å². The van der Waals surface area contributed by atoms with E-state index in [1.807, 2.05) is 0 Å². The van der Waals surface area contributed by atoms with Gasteiger partial charge in [-0.3, -0.25) is 4.79 Å². The first kappa shape index (κ1) is 21.9. The molecule has 0 aliphatic heterocycles. The average Bonchev–Trinajstić information content (AvgIpc) is 2.59. The summed E-state index contributed by atoms with van der Waals surface area (Å²) in [5.41, 5.74) is 3.77. The molecule has 0 radical (unpaired) electrons. The lowest BCUT2D eigenvalue weighted by molar-refractivity contribution is -0.146. The largest absolute Gasteiger partial charge is 0.467 e. The number of ether oxygens (including phenoxy) is 1. The Balaban J connectivity index is 2.86. The number of hydrogen-bond acceptors (Lipinski definition) is 4. The van der Waals surface area contributed by atoms with Gasteiger partial charge in [0.2, 0.25) is 0 Å². The minimum absolute atomic E-state index is 0.105. The van der Waals surface area contributed by atoms with E-state index in [-0.39, 0.29) is 11.5 Å². The first-order chi connectivity index (χ1) is 12.0. The highest BCUT2D eigenvalue weighted by Gasteiger charge is 2.34. The van der Waals surface area contributed by atoms with E-state index in [4.69, 9.17) is 4.74 Å². The molecule has 0 saturated heterocycles. The first-order valence-corrected chi connectivity index (χ1v) is 11.6. The lowest BCUT2D eigenvalue weighted by Gasteiger charge is -2.31. The lowest BCUT2D eigenvalue weighted by atomic mass is 10.1. The van der Waals surface area contributed by atoms with E-state index in [1.165, 1.54) is 7.11 Å². The number of hydrogen-bond donors (Lipinski definition) is 2. The van der Waals surface area contributed by atoms with Crippen LogP contribution in [0.4, 0.5) is 0 Å². The Morgan fingerprint density at radius 3 is 2.31 bits per heavy atom. The van der Waals surface area contributed by atoms with Crippen LogP contribution in [0.15, 0.2) is 30.3 Å². The zero-order valence-electron chi connectivity index (χ0n) is 16.4. The molecule has 0 aliphatic carbocycles.